The van der Waals surface area contributed by atoms with Gasteiger partial charge in [-0.1, -0.05) is 6.42 Å². The van der Waals surface area contributed by atoms with Gasteiger partial charge >= 0.3 is 0 Å². The van der Waals surface area contributed by atoms with Crippen LogP contribution in [-0.4, -0.2) is 24.2 Å². The topological polar surface area (TPSA) is 34.1 Å². The fraction of sp³-hybridized carbons (Fsp3) is 0.545. The lowest BCUT2D eigenvalue weighted by Crippen LogP contribution is -2.38. The van der Waals surface area contributed by atoms with E-state index in [0.29, 0.717) is 18.5 Å². The first-order chi connectivity index (χ1) is 7.75. The summed E-state index contributed by atoms with van der Waals surface area (Å²) in [5.41, 5.74) is 0. The van der Waals surface area contributed by atoms with Gasteiger partial charge in [0.1, 0.15) is 6.61 Å². The summed E-state index contributed by atoms with van der Waals surface area (Å²) in [5, 5.41) is 3.44. The molecule has 1 aromatic rings. The second-order valence-electron chi connectivity index (χ2n) is 3.90. The van der Waals surface area contributed by atoms with Crippen LogP contribution in [0.2, 0.25) is 0 Å². The van der Waals surface area contributed by atoms with E-state index in [4.69, 9.17) is 4.74 Å². The Balaban J connectivity index is 1.88. The Kier molecular flexibility index (Phi) is 4.61. The number of nitrogens with one attached hydrogen (secondary N) is 1. The molecule has 0 radical (unpaired) electrons. The molecule has 5 heteroatoms. The van der Waals surface area contributed by atoms with E-state index in [2.05, 4.69) is 42.2 Å². The van der Waals surface area contributed by atoms with E-state index in [0.717, 1.165) is 15.5 Å². The van der Waals surface area contributed by atoms with Gasteiger partial charge in [0.15, 0.2) is 0 Å². The standard InChI is InChI=1S/C11H14Br2N2O/c12-8-5-10(13)11(15-6-8)16-7-9-3-1-2-4-14-9/h5-6,9,14H,1-4,7H2. The quantitative estimate of drug-likeness (QED) is 0.910. The molecular formula is C11H14Br2N2O. The lowest BCUT2D eigenvalue weighted by atomic mass is 10.1. The van der Waals surface area contributed by atoms with Crippen molar-refractivity contribution in [2.75, 3.05) is 13.2 Å². The molecule has 88 valence electrons. The Bertz CT molecular complexity index is 354. The molecule has 1 unspecified atom stereocenters. The zero-order valence-corrected chi connectivity index (χ0v) is 12.1. The second-order valence-corrected chi connectivity index (χ2v) is 5.67. The van der Waals surface area contributed by atoms with Crippen LogP contribution in [0.5, 0.6) is 5.88 Å². The van der Waals surface area contributed by atoms with Crippen LogP contribution >= 0.6 is 31.9 Å². The molecule has 0 bridgehead atoms. The van der Waals surface area contributed by atoms with Gasteiger partial charge in [0.2, 0.25) is 5.88 Å². The predicted octanol–water partition coefficient (Wildman–Crippen LogP) is 3.13. The van der Waals surface area contributed by atoms with E-state index in [9.17, 15) is 0 Å². The van der Waals surface area contributed by atoms with Gasteiger partial charge in [0.25, 0.3) is 0 Å². The van der Waals surface area contributed by atoms with Crippen LogP contribution in [0.25, 0.3) is 0 Å². The molecule has 2 rings (SSSR count). The van der Waals surface area contributed by atoms with Gasteiger partial charge in [-0.3, -0.25) is 0 Å². The molecule has 1 aliphatic heterocycles. The number of pyridine rings is 1. The first-order valence-electron chi connectivity index (χ1n) is 5.43. The van der Waals surface area contributed by atoms with Crippen LogP contribution < -0.4 is 10.1 Å². The zero-order chi connectivity index (χ0) is 11.4. The molecule has 1 N–H and O–H groups in total. The first-order valence-corrected chi connectivity index (χ1v) is 7.01. The van der Waals surface area contributed by atoms with Crippen molar-refractivity contribution in [2.24, 2.45) is 0 Å². The number of halogens is 2. The molecule has 0 aromatic carbocycles. The number of ether oxygens (including phenoxy) is 1. The van der Waals surface area contributed by atoms with Crippen LogP contribution in [0.1, 0.15) is 19.3 Å². The molecule has 1 aliphatic rings. The largest absolute Gasteiger partial charge is 0.475 e. The highest BCUT2D eigenvalue weighted by Crippen LogP contribution is 2.25. The van der Waals surface area contributed by atoms with E-state index < -0.39 is 0 Å². The summed E-state index contributed by atoms with van der Waals surface area (Å²) in [6, 6.07) is 2.41. The fourth-order valence-corrected chi connectivity index (χ4v) is 2.86. The average molecular weight is 350 g/mol. The number of nitrogens with zero attached hydrogens (tertiary/aromatic N) is 1. The molecule has 0 saturated carbocycles. The monoisotopic (exact) mass is 348 g/mol. The summed E-state index contributed by atoms with van der Waals surface area (Å²) >= 11 is 6.80. The number of rotatable bonds is 3. The Labute approximate surface area is 112 Å². The van der Waals surface area contributed by atoms with Gasteiger partial charge < -0.3 is 10.1 Å². The highest BCUT2D eigenvalue weighted by Gasteiger charge is 2.14. The highest BCUT2D eigenvalue weighted by atomic mass is 79.9. The normalized spacial score (nSPS) is 20.8. The Morgan fingerprint density at radius 2 is 2.31 bits per heavy atom. The maximum Gasteiger partial charge on any atom is 0.228 e. The molecule has 0 spiro atoms. The molecular weight excluding hydrogens is 336 g/mol. The third-order valence-electron chi connectivity index (χ3n) is 2.61. The van der Waals surface area contributed by atoms with Gasteiger partial charge in [-0.15, -0.1) is 0 Å². The molecule has 3 nitrogen and oxygen atoms in total. The van der Waals surface area contributed by atoms with Crippen molar-refractivity contribution in [1.29, 1.82) is 0 Å². The molecule has 1 atom stereocenters. The van der Waals surface area contributed by atoms with Gasteiger partial charge in [0.05, 0.1) is 4.47 Å². The Hall–Kier alpha value is -0.130. The predicted molar refractivity (Wildman–Crippen MR) is 70.8 cm³/mol. The third-order valence-corrected chi connectivity index (χ3v) is 3.61. The maximum absolute atomic E-state index is 5.69. The minimum atomic E-state index is 0.464. The number of aromatic nitrogens is 1. The van der Waals surface area contributed by atoms with Gasteiger partial charge in [0, 0.05) is 16.7 Å². The first kappa shape index (κ1) is 12.3. The molecule has 0 aliphatic carbocycles. The SMILES string of the molecule is Brc1cnc(OCC2CCCCN2)c(Br)c1. The third kappa shape index (κ3) is 3.43. The molecule has 2 heterocycles. The van der Waals surface area contributed by atoms with Crippen LogP contribution in [0.15, 0.2) is 21.2 Å². The van der Waals surface area contributed by atoms with Crippen LogP contribution in [-0.2, 0) is 0 Å². The number of hydrogen-bond acceptors (Lipinski definition) is 3. The fourth-order valence-electron chi connectivity index (χ4n) is 1.75. The minimum absolute atomic E-state index is 0.464. The summed E-state index contributed by atoms with van der Waals surface area (Å²) in [6.07, 6.45) is 5.50. The van der Waals surface area contributed by atoms with Crippen molar-refractivity contribution >= 4 is 31.9 Å². The summed E-state index contributed by atoms with van der Waals surface area (Å²) in [4.78, 5) is 4.22. The van der Waals surface area contributed by atoms with Gasteiger partial charge in [-0.2, -0.15) is 0 Å². The molecule has 0 amide bonds. The van der Waals surface area contributed by atoms with Crippen LogP contribution in [0, 0.1) is 0 Å². The second kappa shape index (κ2) is 5.98. The smallest absolute Gasteiger partial charge is 0.228 e. The highest BCUT2D eigenvalue weighted by molar-refractivity contribution is 9.11. The van der Waals surface area contributed by atoms with E-state index >= 15 is 0 Å². The number of piperidine rings is 1. The van der Waals surface area contributed by atoms with Crippen molar-refractivity contribution in [3.8, 4) is 5.88 Å². The van der Waals surface area contributed by atoms with E-state index in [1.165, 1.54) is 19.3 Å². The molecule has 1 aromatic heterocycles. The Morgan fingerprint density at radius 3 is 3.00 bits per heavy atom. The molecule has 16 heavy (non-hydrogen) atoms. The van der Waals surface area contributed by atoms with Crippen molar-refractivity contribution < 1.29 is 4.74 Å². The Morgan fingerprint density at radius 1 is 1.44 bits per heavy atom. The number of hydrogen-bond donors (Lipinski definition) is 1. The summed E-state index contributed by atoms with van der Waals surface area (Å²) in [6.45, 7) is 1.79. The minimum Gasteiger partial charge on any atom is -0.475 e. The molecule has 1 fully saturated rings. The van der Waals surface area contributed by atoms with E-state index in [-0.39, 0.29) is 0 Å². The zero-order valence-electron chi connectivity index (χ0n) is 8.88. The summed E-state index contributed by atoms with van der Waals surface area (Å²) < 4.78 is 7.52. The van der Waals surface area contributed by atoms with Crippen LogP contribution in [0.4, 0.5) is 0 Å². The van der Waals surface area contributed by atoms with E-state index in [1.807, 2.05) is 6.07 Å². The lowest BCUT2D eigenvalue weighted by molar-refractivity contribution is 0.231. The average Bonchev–Trinajstić information content (AvgIpc) is 2.29. The van der Waals surface area contributed by atoms with Crippen molar-refractivity contribution in [3.05, 3.63) is 21.2 Å². The van der Waals surface area contributed by atoms with Crippen LogP contribution in [0.3, 0.4) is 0 Å². The molecule has 1 saturated heterocycles. The van der Waals surface area contributed by atoms with Crippen molar-refractivity contribution in [1.82, 2.24) is 10.3 Å². The van der Waals surface area contributed by atoms with Crippen molar-refractivity contribution in [3.63, 3.8) is 0 Å². The summed E-state index contributed by atoms with van der Waals surface area (Å²) in [5.74, 6) is 0.663. The lowest BCUT2D eigenvalue weighted by Gasteiger charge is -2.23. The van der Waals surface area contributed by atoms with Crippen molar-refractivity contribution in [2.45, 2.75) is 25.3 Å². The maximum atomic E-state index is 5.69. The summed E-state index contributed by atoms with van der Waals surface area (Å²) in [7, 11) is 0. The van der Waals surface area contributed by atoms with E-state index in [1.54, 1.807) is 6.20 Å². The van der Waals surface area contributed by atoms with Gasteiger partial charge in [-0.05, 0) is 57.3 Å². The van der Waals surface area contributed by atoms with Gasteiger partial charge in [-0.25, -0.2) is 4.98 Å².